The summed E-state index contributed by atoms with van der Waals surface area (Å²) in [5, 5.41) is 29.6. The number of carboxylic acids is 1. The lowest BCUT2D eigenvalue weighted by molar-refractivity contribution is -0.137. The van der Waals surface area contributed by atoms with Gasteiger partial charge in [-0.2, -0.15) is 0 Å². The molecule has 2 aromatic heterocycles. The predicted octanol–water partition coefficient (Wildman–Crippen LogP) is -0.752. The van der Waals surface area contributed by atoms with Gasteiger partial charge in [-0.15, -0.1) is 0 Å². The number of anilines is 1. The number of hydrogen-bond acceptors (Lipinski definition) is 9. The molecule has 3 heterocycles. The van der Waals surface area contributed by atoms with Gasteiger partial charge in [0.25, 0.3) is 0 Å². The van der Waals surface area contributed by atoms with Crippen LogP contribution in [0.25, 0.3) is 11.2 Å². The first kappa shape index (κ1) is 19.4. The molecule has 0 amide bonds. The molecule has 7 N–H and O–H groups in total. The Bertz CT molecular complexity index is 799. The normalized spacial score (nSPS) is 26.5. The third-order valence-corrected chi connectivity index (χ3v) is 4.90. The zero-order valence-corrected chi connectivity index (χ0v) is 14.7. The fraction of sp³-hybridized carbons (Fsp3) is 0.625. The third-order valence-electron chi connectivity index (χ3n) is 4.90. The Balaban J connectivity index is 1.71. The van der Waals surface area contributed by atoms with E-state index >= 15 is 0 Å². The van der Waals surface area contributed by atoms with E-state index in [1.807, 2.05) is 0 Å². The molecule has 3 rings (SSSR count). The average Bonchev–Trinajstić information content (AvgIpc) is 3.18. The SMILES string of the molecule is NCC(CCCC(=O)O)CC1OC(n2cnc3c(N)ncnc32)C(O)C1O. The van der Waals surface area contributed by atoms with Crippen LogP contribution in [0.3, 0.4) is 0 Å². The van der Waals surface area contributed by atoms with Gasteiger partial charge >= 0.3 is 5.97 Å². The summed E-state index contributed by atoms with van der Waals surface area (Å²) in [4.78, 5) is 22.8. The minimum Gasteiger partial charge on any atom is -0.481 e. The Kier molecular flexibility index (Phi) is 5.85. The second-order valence-electron chi connectivity index (χ2n) is 6.75. The second-order valence-corrected chi connectivity index (χ2v) is 6.75. The van der Waals surface area contributed by atoms with Crippen LogP contribution in [0.2, 0.25) is 0 Å². The van der Waals surface area contributed by atoms with Crippen LogP contribution in [0.5, 0.6) is 0 Å². The van der Waals surface area contributed by atoms with Crippen molar-refractivity contribution in [3.05, 3.63) is 12.7 Å². The van der Waals surface area contributed by atoms with E-state index in [4.69, 9.17) is 21.3 Å². The monoisotopic (exact) mass is 380 g/mol. The number of aliphatic hydroxyl groups is 2. The predicted molar refractivity (Wildman–Crippen MR) is 94.3 cm³/mol. The van der Waals surface area contributed by atoms with Crippen LogP contribution in [-0.4, -0.2) is 65.7 Å². The molecule has 0 bridgehead atoms. The number of nitrogens with zero attached hydrogens (tertiary/aromatic N) is 4. The average molecular weight is 380 g/mol. The highest BCUT2D eigenvalue weighted by molar-refractivity contribution is 5.81. The minimum absolute atomic E-state index is 0.0209. The van der Waals surface area contributed by atoms with Gasteiger partial charge in [-0.3, -0.25) is 9.36 Å². The van der Waals surface area contributed by atoms with Gasteiger partial charge in [0.05, 0.1) is 12.4 Å². The molecule has 0 aromatic carbocycles. The summed E-state index contributed by atoms with van der Waals surface area (Å²) in [6.07, 6.45) is 0.502. The number of aromatic nitrogens is 4. The van der Waals surface area contributed by atoms with E-state index in [9.17, 15) is 15.0 Å². The second kappa shape index (κ2) is 8.13. The van der Waals surface area contributed by atoms with Gasteiger partial charge in [0.1, 0.15) is 24.1 Å². The summed E-state index contributed by atoms with van der Waals surface area (Å²) in [6, 6.07) is 0. The van der Waals surface area contributed by atoms with E-state index in [-0.39, 0.29) is 18.2 Å². The third kappa shape index (κ3) is 4.00. The summed E-state index contributed by atoms with van der Waals surface area (Å²) >= 11 is 0. The Labute approximate surface area is 155 Å². The number of nitrogen functional groups attached to an aromatic ring is 1. The maximum atomic E-state index is 10.7. The first-order chi connectivity index (χ1) is 12.9. The molecule has 0 radical (unpaired) electrons. The van der Waals surface area contributed by atoms with Crippen molar-refractivity contribution in [1.82, 2.24) is 19.5 Å². The number of imidazole rings is 1. The van der Waals surface area contributed by atoms with Gasteiger partial charge in [0.15, 0.2) is 17.7 Å². The molecule has 0 aliphatic carbocycles. The van der Waals surface area contributed by atoms with Crippen molar-refractivity contribution in [3.63, 3.8) is 0 Å². The highest BCUT2D eigenvalue weighted by Gasteiger charge is 2.44. The molecule has 1 aliphatic heterocycles. The number of hydrogen-bond donors (Lipinski definition) is 5. The van der Waals surface area contributed by atoms with Crippen LogP contribution >= 0.6 is 0 Å². The number of carboxylic acid groups (broad SMARTS) is 1. The zero-order valence-electron chi connectivity index (χ0n) is 14.7. The maximum Gasteiger partial charge on any atom is 0.303 e. The van der Waals surface area contributed by atoms with Gasteiger partial charge in [0, 0.05) is 6.42 Å². The fourth-order valence-electron chi connectivity index (χ4n) is 3.41. The summed E-state index contributed by atoms with van der Waals surface area (Å²) in [5.74, 6) is -0.663. The van der Waals surface area contributed by atoms with Gasteiger partial charge in [-0.1, -0.05) is 0 Å². The lowest BCUT2D eigenvalue weighted by Gasteiger charge is -2.21. The van der Waals surface area contributed by atoms with Crippen molar-refractivity contribution in [2.24, 2.45) is 11.7 Å². The van der Waals surface area contributed by atoms with E-state index in [1.165, 1.54) is 17.2 Å². The van der Waals surface area contributed by atoms with E-state index in [0.717, 1.165) is 0 Å². The Morgan fingerprint density at radius 2 is 2.07 bits per heavy atom. The van der Waals surface area contributed by atoms with Gasteiger partial charge < -0.3 is 31.5 Å². The molecule has 1 fully saturated rings. The molecular weight excluding hydrogens is 356 g/mol. The highest BCUT2D eigenvalue weighted by atomic mass is 16.6. The van der Waals surface area contributed by atoms with Gasteiger partial charge in [0.2, 0.25) is 0 Å². The minimum atomic E-state index is -1.18. The smallest absolute Gasteiger partial charge is 0.303 e. The molecule has 5 atom stereocenters. The van der Waals surface area contributed by atoms with Crippen molar-refractivity contribution < 1.29 is 24.9 Å². The zero-order chi connectivity index (χ0) is 19.6. The Morgan fingerprint density at radius 1 is 1.30 bits per heavy atom. The summed E-state index contributed by atoms with van der Waals surface area (Å²) in [7, 11) is 0. The van der Waals surface area contributed by atoms with Crippen molar-refractivity contribution in [3.8, 4) is 0 Å². The molecule has 11 heteroatoms. The Hall–Kier alpha value is -2.34. The highest BCUT2D eigenvalue weighted by Crippen LogP contribution is 2.35. The topological polar surface area (TPSA) is 183 Å². The summed E-state index contributed by atoms with van der Waals surface area (Å²) in [6.45, 7) is 0.338. The van der Waals surface area contributed by atoms with Crippen LogP contribution in [-0.2, 0) is 9.53 Å². The van der Waals surface area contributed by atoms with Crippen molar-refractivity contribution in [2.75, 3.05) is 12.3 Å². The number of aliphatic hydroxyl groups excluding tert-OH is 2. The fourth-order valence-corrected chi connectivity index (χ4v) is 3.41. The van der Waals surface area contributed by atoms with Crippen molar-refractivity contribution in [1.29, 1.82) is 0 Å². The molecule has 1 aliphatic rings. The quantitative estimate of drug-likeness (QED) is 0.390. The lowest BCUT2D eigenvalue weighted by atomic mass is 9.93. The van der Waals surface area contributed by atoms with E-state index < -0.39 is 30.5 Å². The number of aliphatic carboxylic acids is 1. The standard InChI is InChI=1S/C16H24N6O5/c17-5-8(2-1-3-10(23)24)4-9-12(25)13(26)16(27-9)22-7-21-11-14(18)19-6-20-15(11)22/h6-9,12-13,16,25-26H,1-5,17H2,(H,23,24)(H2,18,19,20). The number of rotatable bonds is 8. The molecule has 0 spiro atoms. The number of fused-ring (bicyclic) bond motifs is 1. The molecule has 5 unspecified atom stereocenters. The van der Waals surface area contributed by atoms with Crippen LogP contribution in [0, 0.1) is 5.92 Å². The number of ether oxygens (including phenoxy) is 1. The maximum absolute atomic E-state index is 10.7. The first-order valence-electron chi connectivity index (χ1n) is 8.78. The van der Waals surface area contributed by atoms with E-state index in [0.29, 0.717) is 37.0 Å². The summed E-state index contributed by atoms with van der Waals surface area (Å²) < 4.78 is 7.40. The van der Waals surface area contributed by atoms with Crippen molar-refractivity contribution >= 4 is 23.0 Å². The van der Waals surface area contributed by atoms with E-state index in [2.05, 4.69) is 15.0 Å². The molecule has 1 saturated heterocycles. The van der Waals surface area contributed by atoms with E-state index in [1.54, 1.807) is 0 Å². The summed E-state index contributed by atoms with van der Waals surface area (Å²) in [5.41, 5.74) is 12.3. The van der Waals surface area contributed by atoms with Gasteiger partial charge in [-0.05, 0) is 31.7 Å². The number of carbonyl (C=O) groups is 1. The first-order valence-corrected chi connectivity index (χ1v) is 8.78. The molecule has 148 valence electrons. The molecule has 11 nitrogen and oxygen atoms in total. The molecular formula is C16H24N6O5. The molecule has 2 aromatic rings. The lowest BCUT2D eigenvalue weighted by Crippen LogP contribution is -2.33. The van der Waals surface area contributed by atoms with Crippen LogP contribution in [0.1, 0.15) is 31.9 Å². The number of nitrogens with two attached hydrogens (primary N) is 2. The Morgan fingerprint density at radius 3 is 2.78 bits per heavy atom. The van der Waals surface area contributed by atoms with Crippen LogP contribution in [0.4, 0.5) is 5.82 Å². The van der Waals surface area contributed by atoms with Crippen LogP contribution < -0.4 is 11.5 Å². The molecule has 27 heavy (non-hydrogen) atoms. The largest absolute Gasteiger partial charge is 0.481 e. The molecule has 0 saturated carbocycles. The van der Waals surface area contributed by atoms with Crippen LogP contribution in [0.15, 0.2) is 12.7 Å². The van der Waals surface area contributed by atoms with Gasteiger partial charge in [-0.25, -0.2) is 15.0 Å². The van der Waals surface area contributed by atoms with Crippen molar-refractivity contribution in [2.45, 2.75) is 50.2 Å².